The lowest BCUT2D eigenvalue weighted by atomic mass is 9.48. The summed E-state index contributed by atoms with van der Waals surface area (Å²) in [6.07, 6.45) is 10.1. The van der Waals surface area contributed by atoms with Crippen LogP contribution < -0.4 is 5.32 Å². The van der Waals surface area contributed by atoms with E-state index in [2.05, 4.69) is 12.2 Å². The third-order valence-electron chi connectivity index (χ3n) is 5.35. The summed E-state index contributed by atoms with van der Waals surface area (Å²) in [4.78, 5) is 11.1. The molecule has 4 saturated carbocycles. The fraction of sp³-hybridized carbons (Fsp3) is 0.933. The second-order valence-electron chi connectivity index (χ2n) is 7.22. The van der Waals surface area contributed by atoms with Crippen LogP contribution in [-0.2, 0) is 4.79 Å². The average molecular weight is 235 g/mol. The third-order valence-corrected chi connectivity index (χ3v) is 5.35. The van der Waals surface area contributed by atoms with Gasteiger partial charge in [-0.2, -0.15) is 0 Å². The first kappa shape index (κ1) is 11.6. The Bertz CT molecular complexity index is 288. The number of carbonyl (C=O) groups is 1. The maximum atomic E-state index is 11.1. The maximum absolute atomic E-state index is 11.1. The lowest BCUT2D eigenvalue weighted by Crippen LogP contribution is -2.48. The lowest BCUT2D eigenvalue weighted by Gasteiger charge is -2.57. The van der Waals surface area contributed by atoms with Crippen LogP contribution in [0.4, 0.5) is 0 Å². The molecule has 0 spiro atoms. The zero-order valence-corrected chi connectivity index (χ0v) is 11.2. The highest BCUT2D eigenvalue weighted by Crippen LogP contribution is 2.61. The number of hydrogen-bond donors (Lipinski definition) is 1. The molecular weight excluding hydrogens is 210 g/mol. The van der Waals surface area contributed by atoms with E-state index in [1.165, 1.54) is 44.9 Å². The van der Waals surface area contributed by atoms with E-state index in [1.807, 2.05) is 0 Å². The predicted octanol–water partition coefficient (Wildman–Crippen LogP) is 3.12. The highest BCUT2D eigenvalue weighted by Gasteiger charge is 2.50. The molecule has 4 rings (SSSR count). The summed E-state index contributed by atoms with van der Waals surface area (Å²) in [6.45, 7) is 3.82. The quantitative estimate of drug-likeness (QED) is 0.800. The van der Waals surface area contributed by atoms with Gasteiger partial charge in [0.2, 0.25) is 5.91 Å². The topological polar surface area (TPSA) is 29.1 Å². The number of carbonyl (C=O) groups excluding carboxylic acids is 1. The molecule has 1 unspecified atom stereocenters. The lowest BCUT2D eigenvalue weighted by molar-refractivity contribution is -0.120. The first-order valence-electron chi connectivity index (χ1n) is 7.32. The van der Waals surface area contributed by atoms with Gasteiger partial charge in [-0.15, -0.1) is 0 Å². The highest BCUT2D eigenvalue weighted by molar-refractivity contribution is 5.73. The van der Waals surface area contributed by atoms with Gasteiger partial charge in [-0.05, 0) is 75.0 Å². The van der Waals surface area contributed by atoms with Crippen molar-refractivity contribution in [2.75, 3.05) is 0 Å². The molecule has 96 valence electrons. The molecule has 4 fully saturated rings. The second kappa shape index (κ2) is 4.00. The van der Waals surface area contributed by atoms with Crippen LogP contribution in [0.1, 0.15) is 58.8 Å². The minimum Gasteiger partial charge on any atom is -0.354 e. The SMILES string of the molecule is CC(=O)NC(C)CC12CC3CC(CC(C3)C1)C2. The van der Waals surface area contributed by atoms with Crippen molar-refractivity contribution < 1.29 is 4.79 Å². The fourth-order valence-electron chi connectivity index (χ4n) is 5.59. The van der Waals surface area contributed by atoms with Crippen molar-refractivity contribution in [3.8, 4) is 0 Å². The maximum Gasteiger partial charge on any atom is 0.217 e. The van der Waals surface area contributed by atoms with Crippen LogP contribution >= 0.6 is 0 Å². The molecule has 2 heteroatoms. The van der Waals surface area contributed by atoms with Gasteiger partial charge in [0.25, 0.3) is 0 Å². The largest absolute Gasteiger partial charge is 0.354 e. The zero-order chi connectivity index (χ0) is 12.0. The minimum atomic E-state index is 0.127. The van der Waals surface area contributed by atoms with Gasteiger partial charge < -0.3 is 5.32 Å². The second-order valence-corrected chi connectivity index (χ2v) is 7.22. The van der Waals surface area contributed by atoms with E-state index in [4.69, 9.17) is 0 Å². The normalized spacial score (nSPS) is 44.7. The van der Waals surface area contributed by atoms with E-state index >= 15 is 0 Å². The Morgan fingerprint density at radius 2 is 1.65 bits per heavy atom. The van der Waals surface area contributed by atoms with Crippen molar-refractivity contribution in [1.29, 1.82) is 0 Å². The molecular formula is C15H25NO. The van der Waals surface area contributed by atoms with Gasteiger partial charge in [-0.1, -0.05) is 0 Å². The molecule has 1 amide bonds. The van der Waals surface area contributed by atoms with E-state index in [1.54, 1.807) is 6.92 Å². The number of rotatable bonds is 3. The van der Waals surface area contributed by atoms with E-state index in [0.717, 1.165) is 17.8 Å². The van der Waals surface area contributed by atoms with Crippen LogP contribution in [0.5, 0.6) is 0 Å². The standard InChI is InChI=1S/C15H25NO/c1-10(16-11(2)17)6-15-7-12-3-13(8-15)5-14(4-12)9-15/h10,12-14H,3-9H2,1-2H3,(H,16,17). The molecule has 17 heavy (non-hydrogen) atoms. The van der Waals surface area contributed by atoms with Crippen LogP contribution in [0, 0.1) is 23.2 Å². The predicted molar refractivity (Wildman–Crippen MR) is 68.5 cm³/mol. The Balaban J connectivity index is 1.67. The van der Waals surface area contributed by atoms with Crippen molar-refractivity contribution in [2.24, 2.45) is 23.2 Å². The summed E-state index contributed by atoms with van der Waals surface area (Å²) in [7, 11) is 0. The summed E-state index contributed by atoms with van der Waals surface area (Å²) in [5.74, 6) is 3.18. The molecule has 4 aliphatic rings. The van der Waals surface area contributed by atoms with Crippen LogP contribution in [0.2, 0.25) is 0 Å². The van der Waals surface area contributed by atoms with Crippen molar-refractivity contribution in [2.45, 2.75) is 64.8 Å². The van der Waals surface area contributed by atoms with Gasteiger partial charge >= 0.3 is 0 Å². The molecule has 0 saturated heterocycles. The Morgan fingerprint density at radius 3 is 2.06 bits per heavy atom. The molecule has 4 aliphatic carbocycles. The van der Waals surface area contributed by atoms with Crippen LogP contribution in [0.3, 0.4) is 0 Å². The molecule has 0 aliphatic heterocycles. The zero-order valence-electron chi connectivity index (χ0n) is 11.2. The fourth-order valence-corrected chi connectivity index (χ4v) is 5.59. The van der Waals surface area contributed by atoms with Crippen LogP contribution in [0.15, 0.2) is 0 Å². The first-order valence-corrected chi connectivity index (χ1v) is 7.32. The van der Waals surface area contributed by atoms with Gasteiger partial charge in [0, 0.05) is 13.0 Å². The number of nitrogens with one attached hydrogen (secondary N) is 1. The smallest absolute Gasteiger partial charge is 0.217 e. The summed E-state index contributed by atoms with van der Waals surface area (Å²) in [5.41, 5.74) is 0.594. The van der Waals surface area contributed by atoms with Gasteiger partial charge in [0.1, 0.15) is 0 Å². The van der Waals surface area contributed by atoms with Gasteiger partial charge in [0.05, 0.1) is 0 Å². The number of amides is 1. The molecule has 1 atom stereocenters. The summed E-state index contributed by atoms with van der Waals surface area (Å²) < 4.78 is 0. The van der Waals surface area contributed by atoms with Gasteiger partial charge in [0.15, 0.2) is 0 Å². The molecule has 2 nitrogen and oxygen atoms in total. The highest BCUT2D eigenvalue weighted by atomic mass is 16.1. The van der Waals surface area contributed by atoms with Crippen LogP contribution in [-0.4, -0.2) is 11.9 Å². The van der Waals surface area contributed by atoms with Crippen molar-refractivity contribution in [3.05, 3.63) is 0 Å². The molecule has 0 heterocycles. The van der Waals surface area contributed by atoms with E-state index in [0.29, 0.717) is 11.5 Å². The van der Waals surface area contributed by atoms with Gasteiger partial charge in [-0.3, -0.25) is 4.79 Å². The summed E-state index contributed by atoms with van der Waals surface area (Å²) in [6, 6.07) is 0.365. The number of hydrogen-bond acceptors (Lipinski definition) is 1. The summed E-state index contributed by atoms with van der Waals surface area (Å²) >= 11 is 0. The first-order chi connectivity index (χ1) is 8.05. The molecule has 4 bridgehead atoms. The summed E-state index contributed by atoms with van der Waals surface area (Å²) in [5, 5.41) is 3.08. The molecule has 0 aromatic heterocycles. The van der Waals surface area contributed by atoms with Crippen LogP contribution in [0.25, 0.3) is 0 Å². The van der Waals surface area contributed by atoms with Crippen molar-refractivity contribution in [1.82, 2.24) is 5.32 Å². The molecule has 1 N–H and O–H groups in total. The Kier molecular flexibility index (Phi) is 2.72. The third kappa shape index (κ3) is 2.23. The molecule has 0 radical (unpaired) electrons. The monoisotopic (exact) mass is 235 g/mol. The van der Waals surface area contributed by atoms with E-state index in [-0.39, 0.29) is 5.91 Å². The van der Waals surface area contributed by atoms with E-state index < -0.39 is 0 Å². The van der Waals surface area contributed by atoms with Crippen molar-refractivity contribution in [3.63, 3.8) is 0 Å². The Morgan fingerprint density at radius 1 is 1.18 bits per heavy atom. The minimum absolute atomic E-state index is 0.127. The Labute approximate surface area is 105 Å². The molecule has 0 aromatic rings. The average Bonchev–Trinajstić information content (AvgIpc) is 2.11. The van der Waals surface area contributed by atoms with Gasteiger partial charge in [-0.25, -0.2) is 0 Å². The molecule has 0 aromatic carbocycles. The van der Waals surface area contributed by atoms with E-state index in [9.17, 15) is 4.79 Å². The Hall–Kier alpha value is -0.530. The van der Waals surface area contributed by atoms with Crippen molar-refractivity contribution >= 4 is 5.91 Å².